The van der Waals surface area contributed by atoms with Crippen LogP contribution in [0.2, 0.25) is 5.02 Å². The van der Waals surface area contributed by atoms with Crippen molar-refractivity contribution in [1.29, 1.82) is 0 Å². The van der Waals surface area contributed by atoms with Gasteiger partial charge in [0.2, 0.25) is 0 Å². The average molecular weight is 272 g/mol. The highest BCUT2D eigenvalue weighted by Gasteiger charge is 2.23. The summed E-state index contributed by atoms with van der Waals surface area (Å²) in [6, 6.07) is 4.29. The van der Waals surface area contributed by atoms with E-state index in [1.54, 1.807) is 25.1 Å². The molecule has 0 amide bonds. The molecule has 0 saturated heterocycles. The molecule has 2 rings (SSSR count). The van der Waals surface area contributed by atoms with E-state index in [-0.39, 0.29) is 4.87 Å². The highest BCUT2D eigenvalue weighted by Crippen LogP contribution is 2.28. The number of rotatable bonds is 3. The molecule has 0 radical (unpaired) electrons. The number of para-hydroxylation sites is 1. The van der Waals surface area contributed by atoms with Crippen LogP contribution in [0, 0.1) is 0 Å². The number of hydrogen-bond donors (Lipinski definition) is 1. The fourth-order valence-electron chi connectivity index (χ4n) is 1.80. The number of aromatic nitrogens is 1. The van der Waals surface area contributed by atoms with Crippen LogP contribution in [0.25, 0.3) is 10.2 Å². The Morgan fingerprint density at radius 2 is 2.29 bits per heavy atom. The van der Waals surface area contributed by atoms with Gasteiger partial charge in [-0.25, -0.2) is 4.79 Å². The van der Waals surface area contributed by atoms with E-state index in [0.717, 1.165) is 11.3 Å². The molecule has 0 spiro atoms. The second-order valence-electron chi connectivity index (χ2n) is 3.59. The zero-order chi connectivity index (χ0) is 12.6. The zero-order valence-corrected chi connectivity index (χ0v) is 10.6. The Morgan fingerprint density at radius 1 is 1.59 bits per heavy atom. The summed E-state index contributed by atoms with van der Waals surface area (Å²) in [5.41, 5.74) is 0.512. The molecule has 4 nitrogen and oxygen atoms in total. The molecule has 0 aliphatic rings. The van der Waals surface area contributed by atoms with Gasteiger partial charge in [-0.15, -0.1) is 0 Å². The molecule has 0 bridgehead atoms. The highest BCUT2D eigenvalue weighted by molar-refractivity contribution is 7.16. The third-order valence-corrected chi connectivity index (χ3v) is 3.79. The number of benzene rings is 1. The molecule has 0 saturated carbocycles. The lowest BCUT2D eigenvalue weighted by Gasteiger charge is -2.12. The summed E-state index contributed by atoms with van der Waals surface area (Å²) >= 11 is 7.05. The van der Waals surface area contributed by atoms with Gasteiger partial charge < -0.3 is 5.11 Å². The first-order valence-corrected chi connectivity index (χ1v) is 6.28. The highest BCUT2D eigenvalue weighted by atomic mass is 35.5. The molecule has 1 N–H and O–H groups in total. The Balaban J connectivity index is 2.80. The molecule has 1 heterocycles. The maximum atomic E-state index is 11.9. The Labute approximate surface area is 106 Å². The van der Waals surface area contributed by atoms with E-state index in [9.17, 15) is 9.59 Å². The molecule has 2 aromatic rings. The van der Waals surface area contributed by atoms with Crippen molar-refractivity contribution in [3.63, 3.8) is 0 Å². The monoisotopic (exact) mass is 271 g/mol. The van der Waals surface area contributed by atoms with Gasteiger partial charge in [-0.05, 0) is 18.6 Å². The van der Waals surface area contributed by atoms with E-state index in [1.165, 1.54) is 4.57 Å². The molecule has 90 valence electrons. The summed E-state index contributed by atoms with van der Waals surface area (Å²) in [5, 5.41) is 9.52. The van der Waals surface area contributed by atoms with Crippen LogP contribution in [0.15, 0.2) is 23.0 Å². The van der Waals surface area contributed by atoms with Crippen molar-refractivity contribution >= 4 is 39.1 Å². The first kappa shape index (κ1) is 12.1. The summed E-state index contributed by atoms with van der Waals surface area (Å²) in [4.78, 5) is 22.7. The number of carboxylic acid groups (broad SMARTS) is 1. The first-order valence-electron chi connectivity index (χ1n) is 5.08. The van der Waals surface area contributed by atoms with E-state index in [2.05, 4.69) is 0 Å². The summed E-state index contributed by atoms with van der Waals surface area (Å²) in [6.07, 6.45) is 0.340. The van der Waals surface area contributed by atoms with Crippen LogP contribution in [-0.2, 0) is 4.79 Å². The Hall–Kier alpha value is -1.33. The van der Waals surface area contributed by atoms with Crippen LogP contribution in [0.1, 0.15) is 19.4 Å². The van der Waals surface area contributed by atoms with Gasteiger partial charge in [0, 0.05) is 0 Å². The molecule has 1 unspecified atom stereocenters. The topological polar surface area (TPSA) is 59.3 Å². The van der Waals surface area contributed by atoms with Crippen LogP contribution in [0.5, 0.6) is 0 Å². The van der Waals surface area contributed by atoms with Crippen molar-refractivity contribution in [2.24, 2.45) is 0 Å². The van der Waals surface area contributed by atoms with E-state index >= 15 is 0 Å². The van der Waals surface area contributed by atoms with E-state index < -0.39 is 12.0 Å². The molecule has 1 aromatic heterocycles. The molecule has 1 atom stereocenters. The van der Waals surface area contributed by atoms with Crippen molar-refractivity contribution in [3.05, 3.63) is 32.9 Å². The second kappa shape index (κ2) is 4.50. The lowest BCUT2D eigenvalue weighted by atomic mass is 10.2. The molecule has 0 aliphatic heterocycles. The lowest BCUT2D eigenvalue weighted by Crippen LogP contribution is -2.25. The smallest absolute Gasteiger partial charge is 0.326 e. The number of nitrogens with zero attached hydrogens (tertiary/aromatic N) is 1. The molecule has 6 heteroatoms. The quantitative estimate of drug-likeness (QED) is 0.934. The maximum absolute atomic E-state index is 11.9. The maximum Gasteiger partial charge on any atom is 0.326 e. The largest absolute Gasteiger partial charge is 0.480 e. The molecular weight excluding hydrogens is 262 g/mol. The fraction of sp³-hybridized carbons (Fsp3) is 0.273. The van der Waals surface area contributed by atoms with Crippen molar-refractivity contribution in [2.75, 3.05) is 0 Å². The van der Waals surface area contributed by atoms with Gasteiger partial charge in [0.05, 0.1) is 15.2 Å². The minimum absolute atomic E-state index is 0.289. The molecular formula is C11H10ClNO3S. The standard InChI is InChI=1S/C11H10ClNO3S/c1-2-7(10(14)15)13-9-6(12)4-3-5-8(9)17-11(13)16/h3-5,7H,2H2,1H3,(H,14,15). The number of hydrogen-bond acceptors (Lipinski definition) is 3. The van der Waals surface area contributed by atoms with Crippen LogP contribution < -0.4 is 4.87 Å². The third kappa shape index (κ3) is 1.96. The predicted octanol–water partition coefficient (Wildman–Crippen LogP) is 2.75. The third-order valence-electron chi connectivity index (χ3n) is 2.57. The minimum Gasteiger partial charge on any atom is -0.480 e. The zero-order valence-electron chi connectivity index (χ0n) is 9.01. The average Bonchev–Trinajstić information content (AvgIpc) is 2.58. The van der Waals surface area contributed by atoms with Crippen molar-refractivity contribution < 1.29 is 9.90 Å². The lowest BCUT2D eigenvalue weighted by molar-refractivity contribution is -0.140. The number of carboxylic acids is 1. The summed E-state index contributed by atoms with van der Waals surface area (Å²) in [6.45, 7) is 1.73. The first-order chi connectivity index (χ1) is 8.06. The normalized spacial score (nSPS) is 12.8. The van der Waals surface area contributed by atoms with Gasteiger partial charge in [0.25, 0.3) is 0 Å². The van der Waals surface area contributed by atoms with Gasteiger partial charge in [0.15, 0.2) is 0 Å². The second-order valence-corrected chi connectivity index (χ2v) is 4.99. The number of thiazole rings is 1. The van der Waals surface area contributed by atoms with Gasteiger partial charge in [-0.2, -0.15) is 0 Å². The summed E-state index contributed by atoms with van der Waals surface area (Å²) in [5.74, 6) is -1.02. The number of carbonyl (C=O) groups is 1. The number of halogens is 1. The summed E-state index contributed by atoms with van der Waals surface area (Å²) < 4.78 is 1.98. The predicted molar refractivity (Wildman–Crippen MR) is 68.1 cm³/mol. The number of fused-ring (bicyclic) bond motifs is 1. The molecule has 1 aromatic carbocycles. The molecule has 0 fully saturated rings. The summed E-state index contributed by atoms with van der Waals surface area (Å²) in [7, 11) is 0. The Morgan fingerprint density at radius 3 is 2.88 bits per heavy atom. The molecule has 0 aliphatic carbocycles. The van der Waals surface area contributed by atoms with E-state index in [1.807, 2.05) is 0 Å². The minimum atomic E-state index is -1.02. The van der Waals surface area contributed by atoms with Gasteiger partial charge in [-0.1, -0.05) is 35.9 Å². The number of aliphatic carboxylic acids is 1. The van der Waals surface area contributed by atoms with Crippen LogP contribution in [0.3, 0.4) is 0 Å². The van der Waals surface area contributed by atoms with Gasteiger partial charge >= 0.3 is 10.8 Å². The molecule has 17 heavy (non-hydrogen) atoms. The van der Waals surface area contributed by atoms with Crippen LogP contribution in [-0.4, -0.2) is 15.6 Å². The Kier molecular flexibility index (Phi) is 3.22. The fourth-order valence-corrected chi connectivity index (χ4v) is 3.08. The van der Waals surface area contributed by atoms with Crippen molar-refractivity contribution in [1.82, 2.24) is 4.57 Å². The van der Waals surface area contributed by atoms with Gasteiger partial charge in [0.1, 0.15) is 6.04 Å². The SMILES string of the molecule is CCC(C(=O)O)n1c(=O)sc2cccc(Cl)c21. The van der Waals surface area contributed by atoms with Crippen molar-refractivity contribution in [2.45, 2.75) is 19.4 Å². The van der Waals surface area contributed by atoms with Gasteiger partial charge in [-0.3, -0.25) is 9.36 Å². The van der Waals surface area contributed by atoms with E-state index in [0.29, 0.717) is 21.7 Å². The van der Waals surface area contributed by atoms with Crippen molar-refractivity contribution in [3.8, 4) is 0 Å². The Bertz CT molecular complexity index is 631. The van der Waals surface area contributed by atoms with Crippen LogP contribution >= 0.6 is 22.9 Å². The van der Waals surface area contributed by atoms with E-state index in [4.69, 9.17) is 16.7 Å². The van der Waals surface area contributed by atoms with Crippen LogP contribution in [0.4, 0.5) is 0 Å².